The molecule has 1 N–H and O–H groups in total. The van der Waals surface area contributed by atoms with Gasteiger partial charge >= 0.3 is 0 Å². The van der Waals surface area contributed by atoms with Gasteiger partial charge in [-0.25, -0.2) is 9.97 Å². The molecule has 0 radical (unpaired) electrons. The van der Waals surface area contributed by atoms with Gasteiger partial charge in [-0.2, -0.15) is 0 Å². The Bertz CT molecular complexity index is 566. The van der Waals surface area contributed by atoms with Crippen LogP contribution in [0.25, 0.3) is 0 Å². The van der Waals surface area contributed by atoms with Gasteiger partial charge in [-0.05, 0) is 38.5 Å². The second-order valence-electron chi connectivity index (χ2n) is 4.49. The number of hydrogen-bond acceptors (Lipinski definition) is 4. The summed E-state index contributed by atoms with van der Waals surface area (Å²) in [6, 6.07) is 10.4. The fourth-order valence-electron chi connectivity index (χ4n) is 2.09. The first-order valence-electron chi connectivity index (χ1n) is 6.51. The Kier molecular flexibility index (Phi) is 4.00. The van der Waals surface area contributed by atoms with Crippen molar-refractivity contribution < 1.29 is 0 Å². The molecule has 2 aromatic rings. The minimum Gasteiger partial charge on any atom is -0.373 e. The SMILES string of the molecule is CCN(c1cccc(C)c1)c1cc(NC)nc(C)n1. The lowest BCUT2D eigenvalue weighted by Crippen LogP contribution is -2.18. The quantitative estimate of drug-likeness (QED) is 0.911. The van der Waals surface area contributed by atoms with E-state index in [2.05, 4.69) is 58.3 Å². The molecule has 0 aliphatic carbocycles. The first kappa shape index (κ1) is 13.3. The van der Waals surface area contributed by atoms with Crippen LogP contribution in [0.2, 0.25) is 0 Å². The number of aryl methyl sites for hydroxylation is 2. The molecule has 0 saturated heterocycles. The van der Waals surface area contributed by atoms with Crippen molar-refractivity contribution in [2.45, 2.75) is 20.8 Å². The first-order chi connectivity index (χ1) is 9.13. The van der Waals surface area contributed by atoms with Gasteiger partial charge in [0.25, 0.3) is 0 Å². The van der Waals surface area contributed by atoms with Crippen molar-refractivity contribution in [2.24, 2.45) is 0 Å². The summed E-state index contributed by atoms with van der Waals surface area (Å²) in [7, 11) is 1.87. The molecule has 1 heterocycles. The van der Waals surface area contributed by atoms with E-state index in [1.54, 1.807) is 0 Å². The minimum absolute atomic E-state index is 0.771. The fraction of sp³-hybridized carbons (Fsp3) is 0.333. The maximum Gasteiger partial charge on any atom is 0.138 e. The van der Waals surface area contributed by atoms with E-state index in [0.29, 0.717) is 0 Å². The second-order valence-corrected chi connectivity index (χ2v) is 4.49. The third kappa shape index (κ3) is 3.02. The number of anilines is 3. The van der Waals surface area contributed by atoms with Crippen LogP contribution in [-0.2, 0) is 0 Å². The van der Waals surface area contributed by atoms with Crippen LogP contribution in [0.3, 0.4) is 0 Å². The van der Waals surface area contributed by atoms with Gasteiger partial charge in [-0.3, -0.25) is 0 Å². The van der Waals surface area contributed by atoms with Gasteiger partial charge in [0.2, 0.25) is 0 Å². The predicted octanol–water partition coefficient (Wildman–Crippen LogP) is 3.29. The van der Waals surface area contributed by atoms with Crippen molar-refractivity contribution in [3.05, 3.63) is 41.7 Å². The van der Waals surface area contributed by atoms with Gasteiger partial charge in [0.15, 0.2) is 0 Å². The molecule has 0 unspecified atom stereocenters. The average Bonchev–Trinajstić information content (AvgIpc) is 2.39. The third-order valence-electron chi connectivity index (χ3n) is 2.99. The summed E-state index contributed by atoms with van der Waals surface area (Å²) >= 11 is 0. The van der Waals surface area contributed by atoms with Crippen LogP contribution < -0.4 is 10.2 Å². The van der Waals surface area contributed by atoms with Crippen molar-refractivity contribution in [3.63, 3.8) is 0 Å². The van der Waals surface area contributed by atoms with Crippen LogP contribution in [0.15, 0.2) is 30.3 Å². The van der Waals surface area contributed by atoms with Crippen molar-refractivity contribution in [3.8, 4) is 0 Å². The highest BCUT2D eigenvalue weighted by Crippen LogP contribution is 2.25. The van der Waals surface area contributed by atoms with Crippen LogP contribution in [0.5, 0.6) is 0 Å². The zero-order valence-corrected chi connectivity index (χ0v) is 11.9. The van der Waals surface area contributed by atoms with Crippen molar-refractivity contribution in [2.75, 3.05) is 23.8 Å². The molecule has 0 atom stereocenters. The Balaban J connectivity index is 2.44. The summed E-state index contributed by atoms with van der Waals surface area (Å²) in [5.41, 5.74) is 2.40. The highest BCUT2D eigenvalue weighted by molar-refractivity contribution is 5.63. The summed E-state index contributed by atoms with van der Waals surface area (Å²) in [6.45, 7) is 7.00. The minimum atomic E-state index is 0.771. The number of hydrogen-bond donors (Lipinski definition) is 1. The molecule has 1 aromatic carbocycles. The van der Waals surface area contributed by atoms with E-state index in [1.165, 1.54) is 5.56 Å². The standard InChI is InChI=1S/C15H20N4/c1-5-19(13-8-6-7-11(2)9-13)15-10-14(16-4)17-12(3)18-15/h6-10H,5H2,1-4H3,(H,16,17,18). The molecule has 0 saturated carbocycles. The number of benzene rings is 1. The van der Waals surface area contributed by atoms with Crippen LogP contribution in [0, 0.1) is 13.8 Å². The van der Waals surface area contributed by atoms with E-state index in [9.17, 15) is 0 Å². The lowest BCUT2D eigenvalue weighted by Gasteiger charge is -2.23. The average molecular weight is 256 g/mol. The molecular formula is C15H20N4. The normalized spacial score (nSPS) is 10.3. The Hall–Kier alpha value is -2.10. The maximum atomic E-state index is 4.53. The summed E-state index contributed by atoms with van der Waals surface area (Å²) in [6.07, 6.45) is 0. The first-order valence-corrected chi connectivity index (χ1v) is 6.51. The van der Waals surface area contributed by atoms with Gasteiger partial charge in [0.1, 0.15) is 17.5 Å². The third-order valence-corrected chi connectivity index (χ3v) is 2.99. The summed E-state index contributed by atoms with van der Waals surface area (Å²) < 4.78 is 0. The zero-order valence-electron chi connectivity index (χ0n) is 11.9. The zero-order chi connectivity index (χ0) is 13.8. The molecule has 100 valence electrons. The van der Waals surface area contributed by atoms with Gasteiger partial charge in [-0.1, -0.05) is 12.1 Å². The van der Waals surface area contributed by atoms with Crippen LogP contribution in [0.1, 0.15) is 18.3 Å². The van der Waals surface area contributed by atoms with E-state index >= 15 is 0 Å². The van der Waals surface area contributed by atoms with E-state index in [4.69, 9.17) is 0 Å². The van der Waals surface area contributed by atoms with Crippen LogP contribution in [-0.4, -0.2) is 23.6 Å². The van der Waals surface area contributed by atoms with Crippen molar-refractivity contribution in [1.82, 2.24) is 9.97 Å². The molecule has 2 rings (SSSR count). The molecule has 4 heteroatoms. The van der Waals surface area contributed by atoms with Gasteiger partial charge in [0, 0.05) is 25.3 Å². The van der Waals surface area contributed by atoms with Crippen LogP contribution >= 0.6 is 0 Å². The lowest BCUT2D eigenvalue weighted by molar-refractivity contribution is 0.951. The predicted molar refractivity (Wildman–Crippen MR) is 80.2 cm³/mol. The molecule has 0 aliphatic rings. The molecular weight excluding hydrogens is 236 g/mol. The molecule has 0 bridgehead atoms. The highest BCUT2D eigenvalue weighted by atomic mass is 15.2. The molecule has 4 nitrogen and oxygen atoms in total. The molecule has 0 aliphatic heterocycles. The van der Waals surface area contributed by atoms with Crippen LogP contribution in [0.4, 0.5) is 17.3 Å². The molecule has 0 spiro atoms. The highest BCUT2D eigenvalue weighted by Gasteiger charge is 2.10. The number of nitrogens with one attached hydrogen (secondary N) is 1. The summed E-state index contributed by atoms with van der Waals surface area (Å²) in [5, 5.41) is 3.07. The Labute approximate surface area is 114 Å². The number of nitrogens with zero attached hydrogens (tertiary/aromatic N) is 3. The second kappa shape index (κ2) is 5.69. The summed E-state index contributed by atoms with van der Waals surface area (Å²) in [5.74, 6) is 2.53. The number of aromatic nitrogens is 2. The van der Waals surface area contributed by atoms with E-state index in [0.717, 1.165) is 29.7 Å². The smallest absolute Gasteiger partial charge is 0.138 e. The fourth-order valence-corrected chi connectivity index (χ4v) is 2.09. The lowest BCUT2D eigenvalue weighted by atomic mass is 10.2. The van der Waals surface area contributed by atoms with E-state index in [-0.39, 0.29) is 0 Å². The van der Waals surface area contributed by atoms with Crippen molar-refractivity contribution >= 4 is 17.3 Å². The molecule has 0 fully saturated rings. The Morgan fingerprint density at radius 1 is 1.16 bits per heavy atom. The van der Waals surface area contributed by atoms with Gasteiger partial charge in [0.05, 0.1) is 0 Å². The molecule has 0 amide bonds. The summed E-state index contributed by atoms with van der Waals surface area (Å²) in [4.78, 5) is 11.0. The number of rotatable bonds is 4. The van der Waals surface area contributed by atoms with Gasteiger partial charge in [-0.15, -0.1) is 0 Å². The Morgan fingerprint density at radius 2 is 1.95 bits per heavy atom. The monoisotopic (exact) mass is 256 g/mol. The van der Waals surface area contributed by atoms with Gasteiger partial charge < -0.3 is 10.2 Å². The largest absolute Gasteiger partial charge is 0.373 e. The van der Waals surface area contributed by atoms with E-state index < -0.39 is 0 Å². The van der Waals surface area contributed by atoms with E-state index in [1.807, 2.05) is 20.0 Å². The molecule has 19 heavy (non-hydrogen) atoms. The van der Waals surface area contributed by atoms with Crippen molar-refractivity contribution in [1.29, 1.82) is 0 Å². The molecule has 1 aromatic heterocycles. The maximum absolute atomic E-state index is 4.53. The topological polar surface area (TPSA) is 41.0 Å². The Morgan fingerprint density at radius 3 is 2.58 bits per heavy atom.